The van der Waals surface area contributed by atoms with E-state index in [1.165, 1.54) is 17.8 Å². The van der Waals surface area contributed by atoms with Gasteiger partial charge in [-0.1, -0.05) is 19.3 Å². The van der Waals surface area contributed by atoms with Crippen LogP contribution in [0.5, 0.6) is 0 Å². The molecule has 120 valence electrons. The molecule has 0 unspecified atom stereocenters. The number of nitrogens with zero attached hydrogens (tertiary/aromatic N) is 1. The van der Waals surface area contributed by atoms with Crippen LogP contribution in [0.4, 0.5) is 5.13 Å². The van der Waals surface area contributed by atoms with E-state index in [1.54, 1.807) is 6.20 Å². The van der Waals surface area contributed by atoms with Gasteiger partial charge in [0.1, 0.15) is 0 Å². The first-order valence-corrected chi connectivity index (χ1v) is 9.02. The highest BCUT2D eigenvalue weighted by Gasteiger charge is 2.37. The third-order valence-electron chi connectivity index (χ3n) is 4.61. The van der Waals surface area contributed by atoms with Crippen LogP contribution >= 0.6 is 11.3 Å². The molecule has 2 N–H and O–H groups in total. The van der Waals surface area contributed by atoms with E-state index in [0.29, 0.717) is 24.0 Å². The standard InChI is InChI=1S/C16H23N3O2S/c20-13(18-12-4-5-12)10-16(6-2-1-3-7-16)11-14(21)19-15-17-8-9-22-15/h8-9,12H,1-7,10-11H2,(H,18,20)(H,17,19,21). The normalized spacial score (nSPS) is 20.4. The molecule has 1 heterocycles. The zero-order chi connectivity index (χ0) is 15.4. The molecule has 2 aliphatic carbocycles. The number of rotatable bonds is 6. The van der Waals surface area contributed by atoms with Gasteiger partial charge in [-0.2, -0.15) is 0 Å². The van der Waals surface area contributed by atoms with Gasteiger partial charge in [0.05, 0.1) is 0 Å². The minimum atomic E-state index is -0.168. The first-order valence-electron chi connectivity index (χ1n) is 8.14. The van der Waals surface area contributed by atoms with Crippen molar-refractivity contribution in [1.82, 2.24) is 10.3 Å². The maximum atomic E-state index is 12.3. The lowest BCUT2D eigenvalue weighted by Gasteiger charge is -2.36. The van der Waals surface area contributed by atoms with Gasteiger partial charge in [-0.15, -0.1) is 11.3 Å². The summed E-state index contributed by atoms with van der Waals surface area (Å²) in [4.78, 5) is 28.6. The molecule has 6 heteroatoms. The van der Waals surface area contributed by atoms with Crippen LogP contribution in [-0.2, 0) is 9.59 Å². The highest BCUT2D eigenvalue weighted by molar-refractivity contribution is 7.13. The van der Waals surface area contributed by atoms with Crippen molar-refractivity contribution in [2.75, 3.05) is 5.32 Å². The third kappa shape index (κ3) is 4.29. The predicted octanol–water partition coefficient (Wildman–Crippen LogP) is 3.09. The van der Waals surface area contributed by atoms with E-state index in [9.17, 15) is 9.59 Å². The molecule has 0 aromatic carbocycles. The largest absolute Gasteiger partial charge is 0.353 e. The van der Waals surface area contributed by atoms with E-state index in [4.69, 9.17) is 0 Å². The number of hydrogen-bond donors (Lipinski definition) is 2. The lowest BCUT2D eigenvalue weighted by atomic mass is 9.69. The summed E-state index contributed by atoms with van der Waals surface area (Å²) < 4.78 is 0. The van der Waals surface area contributed by atoms with Gasteiger partial charge in [-0.3, -0.25) is 9.59 Å². The van der Waals surface area contributed by atoms with Crippen LogP contribution in [0.2, 0.25) is 0 Å². The van der Waals surface area contributed by atoms with Crippen LogP contribution in [0.15, 0.2) is 11.6 Å². The smallest absolute Gasteiger partial charge is 0.226 e. The highest BCUT2D eigenvalue weighted by Crippen LogP contribution is 2.42. The number of carbonyl (C=O) groups excluding carboxylic acids is 2. The Balaban J connectivity index is 1.60. The Morgan fingerprint density at radius 3 is 2.55 bits per heavy atom. The zero-order valence-electron chi connectivity index (χ0n) is 12.8. The van der Waals surface area contributed by atoms with Crippen molar-refractivity contribution in [3.05, 3.63) is 11.6 Å². The van der Waals surface area contributed by atoms with Gasteiger partial charge >= 0.3 is 0 Å². The van der Waals surface area contributed by atoms with Crippen LogP contribution in [0.3, 0.4) is 0 Å². The maximum Gasteiger partial charge on any atom is 0.226 e. The van der Waals surface area contributed by atoms with E-state index in [-0.39, 0.29) is 17.2 Å². The Labute approximate surface area is 134 Å². The van der Waals surface area contributed by atoms with Gasteiger partial charge in [0.25, 0.3) is 0 Å². The number of amides is 2. The van der Waals surface area contributed by atoms with Gasteiger partial charge < -0.3 is 10.6 Å². The lowest BCUT2D eigenvalue weighted by Crippen LogP contribution is -2.37. The molecule has 5 nitrogen and oxygen atoms in total. The maximum absolute atomic E-state index is 12.3. The average molecular weight is 321 g/mol. The fraction of sp³-hybridized carbons (Fsp3) is 0.688. The second-order valence-electron chi connectivity index (χ2n) is 6.64. The summed E-state index contributed by atoms with van der Waals surface area (Å²) in [6.07, 6.45) is 10.2. The minimum absolute atomic E-state index is 0.0175. The Morgan fingerprint density at radius 2 is 1.91 bits per heavy atom. The molecule has 2 saturated carbocycles. The van der Waals surface area contributed by atoms with Gasteiger partial charge in [0.15, 0.2) is 5.13 Å². The molecule has 2 aliphatic rings. The summed E-state index contributed by atoms with van der Waals surface area (Å²) >= 11 is 1.42. The predicted molar refractivity (Wildman–Crippen MR) is 86.7 cm³/mol. The fourth-order valence-electron chi connectivity index (χ4n) is 3.35. The first-order chi connectivity index (χ1) is 10.7. The first kappa shape index (κ1) is 15.5. The molecule has 1 aromatic heterocycles. The Morgan fingerprint density at radius 1 is 1.18 bits per heavy atom. The summed E-state index contributed by atoms with van der Waals surface area (Å²) in [5.41, 5.74) is -0.168. The van der Waals surface area contributed by atoms with Crippen molar-refractivity contribution in [3.8, 4) is 0 Å². The van der Waals surface area contributed by atoms with E-state index in [0.717, 1.165) is 38.5 Å². The zero-order valence-corrected chi connectivity index (χ0v) is 13.6. The molecule has 0 atom stereocenters. The molecule has 0 saturated heterocycles. The van der Waals surface area contributed by atoms with Crippen LogP contribution < -0.4 is 10.6 Å². The van der Waals surface area contributed by atoms with E-state index in [1.807, 2.05) is 5.38 Å². The molecule has 2 amide bonds. The average Bonchev–Trinajstić information content (AvgIpc) is 3.12. The molecule has 0 aliphatic heterocycles. The fourth-order valence-corrected chi connectivity index (χ4v) is 3.90. The number of thiazole rings is 1. The van der Waals surface area contributed by atoms with Crippen molar-refractivity contribution < 1.29 is 9.59 Å². The molecule has 2 fully saturated rings. The SMILES string of the molecule is O=C(CC1(CC(=O)NC2CC2)CCCCC1)Nc1nccs1. The van der Waals surface area contributed by atoms with Crippen LogP contribution in [0.25, 0.3) is 0 Å². The summed E-state index contributed by atoms with van der Waals surface area (Å²) in [5.74, 6) is 0.0996. The molecule has 22 heavy (non-hydrogen) atoms. The number of anilines is 1. The number of hydrogen-bond acceptors (Lipinski definition) is 4. The summed E-state index contributed by atoms with van der Waals surface area (Å²) in [7, 11) is 0. The van der Waals surface area contributed by atoms with E-state index in [2.05, 4.69) is 15.6 Å². The Kier molecular flexibility index (Phi) is 4.76. The second kappa shape index (κ2) is 6.77. The summed E-state index contributed by atoms with van der Waals surface area (Å²) in [6.45, 7) is 0. The molecule has 0 radical (unpaired) electrons. The molecule has 1 aromatic rings. The molecule has 0 spiro atoms. The van der Waals surface area contributed by atoms with Crippen molar-refractivity contribution in [1.29, 1.82) is 0 Å². The van der Waals surface area contributed by atoms with Crippen LogP contribution in [0.1, 0.15) is 57.8 Å². The third-order valence-corrected chi connectivity index (χ3v) is 5.29. The lowest BCUT2D eigenvalue weighted by molar-refractivity contribution is -0.126. The molecular formula is C16H23N3O2S. The van der Waals surface area contributed by atoms with E-state index < -0.39 is 0 Å². The van der Waals surface area contributed by atoms with Crippen LogP contribution in [-0.4, -0.2) is 22.8 Å². The molecular weight excluding hydrogens is 298 g/mol. The van der Waals surface area contributed by atoms with Gasteiger partial charge in [0, 0.05) is 30.5 Å². The van der Waals surface area contributed by atoms with Crippen molar-refractivity contribution in [2.24, 2.45) is 5.41 Å². The van der Waals surface area contributed by atoms with E-state index >= 15 is 0 Å². The highest BCUT2D eigenvalue weighted by atomic mass is 32.1. The molecule has 0 bridgehead atoms. The van der Waals surface area contributed by atoms with Crippen molar-refractivity contribution in [2.45, 2.75) is 63.8 Å². The topological polar surface area (TPSA) is 71.1 Å². The van der Waals surface area contributed by atoms with Gasteiger partial charge in [-0.25, -0.2) is 4.98 Å². The number of nitrogens with one attached hydrogen (secondary N) is 2. The quantitative estimate of drug-likeness (QED) is 0.846. The summed E-state index contributed by atoms with van der Waals surface area (Å²) in [5, 5.41) is 8.40. The molecule has 3 rings (SSSR count). The van der Waals surface area contributed by atoms with Crippen molar-refractivity contribution >= 4 is 28.3 Å². The number of carbonyl (C=O) groups is 2. The van der Waals surface area contributed by atoms with Gasteiger partial charge in [-0.05, 0) is 31.1 Å². The second-order valence-corrected chi connectivity index (χ2v) is 7.54. The monoisotopic (exact) mass is 321 g/mol. The minimum Gasteiger partial charge on any atom is -0.353 e. The van der Waals surface area contributed by atoms with Crippen molar-refractivity contribution in [3.63, 3.8) is 0 Å². The Bertz CT molecular complexity index is 520. The summed E-state index contributed by atoms with van der Waals surface area (Å²) in [6, 6.07) is 0.386. The number of aromatic nitrogens is 1. The van der Waals surface area contributed by atoms with Gasteiger partial charge in [0.2, 0.25) is 11.8 Å². The Hall–Kier alpha value is -1.43. The van der Waals surface area contributed by atoms with Crippen LogP contribution in [0, 0.1) is 5.41 Å².